The molecule has 3 nitrogen and oxygen atoms in total. The number of piperazine rings is 1. The quantitative estimate of drug-likeness (QED) is 0.841. The molecule has 122 valence electrons. The molecule has 3 rings (SSSR count). The largest absolute Gasteiger partial charge is 0.314 e. The highest BCUT2D eigenvalue weighted by Gasteiger charge is 2.28. The molecule has 1 heterocycles. The number of hydrogen-bond donors (Lipinski definition) is 1. The van der Waals surface area contributed by atoms with Crippen LogP contribution in [0.3, 0.4) is 0 Å². The Kier molecular flexibility index (Phi) is 6.38. The fourth-order valence-corrected chi connectivity index (χ4v) is 4.68. The Hall–Kier alpha value is -0.120. The maximum atomic E-state index is 3.47. The van der Waals surface area contributed by atoms with Gasteiger partial charge in [0.05, 0.1) is 0 Å². The van der Waals surface area contributed by atoms with E-state index >= 15 is 0 Å². The van der Waals surface area contributed by atoms with Gasteiger partial charge in [-0.05, 0) is 25.7 Å². The van der Waals surface area contributed by atoms with Crippen LogP contribution < -0.4 is 5.32 Å². The Morgan fingerprint density at radius 2 is 1.29 bits per heavy atom. The molecule has 0 amide bonds. The smallest absolute Gasteiger partial charge is 0.0115 e. The van der Waals surface area contributed by atoms with Crippen LogP contribution in [0.2, 0.25) is 0 Å². The van der Waals surface area contributed by atoms with Crippen molar-refractivity contribution in [2.24, 2.45) is 0 Å². The third-order valence-corrected chi connectivity index (χ3v) is 5.97. The molecule has 3 heteroatoms. The van der Waals surface area contributed by atoms with Gasteiger partial charge in [0.1, 0.15) is 0 Å². The van der Waals surface area contributed by atoms with Crippen LogP contribution in [0.1, 0.15) is 64.2 Å². The van der Waals surface area contributed by atoms with Crippen molar-refractivity contribution in [1.29, 1.82) is 0 Å². The predicted molar refractivity (Wildman–Crippen MR) is 89.8 cm³/mol. The molecule has 0 unspecified atom stereocenters. The molecule has 0 aromatic carbocycles. The second kappa shape index (κ2) is 8.50. The van der Waals surface area contributed by atoms with Crippen LogP contribution in [-0.2, 0) is 0 Å². The van der Waals surface area contributed by atoms with Gasteiger partial charge in [-0.25, -0.2) is 0 Å². The Balaban J connectivity index is 1.54. The minimum absolute atomic E-state index is 0.907. The summed E-state index contributed by atoms with van der Waals surface area (Å²) in [4.78, 5) is 5.63. The molecule has 2 aliphatic carbocycles. The van der Waals surface area contributed by atoms with Crippen LogP contribution in [-0.4, -0.2) is 61.2 Å². The van der Waals surface area contributed by atoms with Crippen LogP contribution in [0.4, 0.5) is 0 Å². The van der Waals surface area contributed by atoms with Gasteiger partial charge in [-0.3, -0.25) is 9.80 Å². The normalized spacial score (nSPS) is 27.3. The van der Waals surface area contributed by atoms with E-state index in [0.29, 0.717) is 0 Å². The van der Waals surface area contributed by atoms with E-state index in [-0.39, 0.29) is 0 Å². The zero-order chi connectivity index (χ0) is 14.3. The maximum absolute atomic E-state index is 3.47. The summed E-state index contributed by atoms with van der Waals surface area (Å²) in [5.74, 6) is 0. The van der Waals surface area contributed by atoms with Gasteiger partial charge in [-0.15, -0.1) is 0 Å². The predicted octanol–water partition coefficient (Wildman–Crippen LogP) is 2.86. The van der Waals surface area contributed by atoms with Crippen molar-refractivity contribution < 1.29 is 0 Å². The lowest BCUT2D eigenvalue weighted by molar-refractivity contribution is 0.0665. The van der Waals surface area contributed by atoms with Gasteiger partial charge >= 0.3 is 0 Å². The average molecular weight is 293 g/mol. The number of nitrogens with zero attached hydrogens (tertiary/aromatic N) is 2. The minimum Gasteiger partial charge on any atom is -0.314 e. The highest BCUT2D eigenvalue weighted by molar-refractivity contribution is 4.84. The van der Waals surface area contributed by atoms with Crippen molar-refractivity contribution in [1.82, 2.24) is 15.1 Å². The van der Waals surface area contributed by atoms with E-state index in [2.05, 4.69) is 15.1 Å². The van der Waals surface area contributed by atoms with Gasteiger partial charge in [0.25, 0.3) is 0 Å². The Bertz CT molecular complexity index is 258. The minimum atomic E-state index is 0.907. The molecule has 1 saturated heterocycles. The van der Waals surface area contributed by atoms with Crippen molar-refractivity contribution in [3.8, 4) is 0 Å². The Morgan fingerprint density at radius 1 is 0.762 bits per heavy atom. The van der Waals surface area contributed by atoms with E-state index in [1.54, 1.807) is 0 Å². The third-order valence-electron chi connectivity index (χ3n) is 5.97. The maximum Gasteiger partial charge on any atom is 0.0115 e. The first-order valence-electron chi connectivity index (χ1n) is 9.62. The molecule has 0 atom stereocenters. The van der Waals surface area contributed by atoms with E-state index in [1.807, 2.05) is 0 Å². The van der Waals surface area contributed by atoms with Crippen molar-refractivity contribution >= 4 is 0 Å². The molecule has 1 aliphatic heterocycles. The average Bonchev–Trinajstić information content (AvgIpc) is 2.58. The molecule has 0 spiro atoms. The molecule has 0 bridgehead atoms. The zero-order valence-corrected chi connectivity index (χ0v) is 13.9. The summed E-state index contributed by atoms with van der Waals surface area (Å²) in [7, 11) is 0. The molecule has 3 aliphatic rings. The molecular weight excluding hydrogens is 258 g/mol. The van der Waals surface area contributed by atoms with E-state index in [1.165, 1.54) is 103 Å². The van der Waals surface area contributed by atoms with Gasteiger partial charge < -0.3 is 5.32 Å². The molecular formula is C18H35N3. The second-order valence-electron chi connectivity index (χ2n) is 7.41. The topological polar surface area (TPSA) is 18.5 Å². The molecule has 21 heavy (non-hydrogen) atoms. The summed E-state index contributed by atoms with van der Waals surface area (Å²) in [6.07, 6.45) is 14.7. The lowest BCUT2D eigenvalue weighted by atomic mass is 9.88. The molecule has 0 aromatic rings. The third kappa shape index (κ3) is 4.67. The SMILES string of the molecule is C1CCC(N(CCN2CCNCC2)C2CCCCC2)CC1. The van der Waals surface area contributed by atoms with Crippen LogP contribution in [0.5, 0.6) is 0 Å². The van der Waals surface area contributed by atoms with E-state index < -0.39 is 0 Å². The van der Waals surface area contributed by atoms with Crippen LogP contribution in [0.25, 0.3) is 0 Å². The summed E-state index contributed by atoms with van der Waals surface area (Å²) in [6.45, 7) is 7.51. The number of nitrogens with one attached hydrogen (secondary N) is 1. The highest BCUT2D eigenvalue weighted by Crippen LogP contribution is 2.29. The Morgan fingerprint density at radius 3 is 1.81 bits per heavy atom. The van der Waals surface area contributed by atoms with E-state index in [4.69, 9.17) is 0 Å². The molecule has 3 fully saturated rings. The molecule has 1 N–H and O–H groups in total. The first kappa shape index (κ1) is 15.8. The zero-order valence-electron chi connectivity index (χ0n) is 13.9. The van der Waals surface area contributed by atoms with Crippen molar-refractivity contribution in [2.75, 3.05) is 39.3 Å². The van der Waals surface area contributed by atoms with Crippen LogP contribution in [0, 0.1) is 0 Å². The fraction of sp³-hybridized carbons (Fsp3) is 1.00. The summed E-state index contributed by atoms with van der Waals surface area (Å²) in [6, 6.07) is 1.81. The van der Waals surface area contributed by atoms with E-state index in [9.17, 15) is 0 Å². The van der Waals surface area contributed by atoms with Gasteiger partial charge in [-0.2, -0.15) is 0 Å². The lowest BCUT2D eigenvalue weighted by Crippen LogP contribution is -2.51. The van der Waals surface area contributed by atoms with Crippen molar-refractivity contribution in [3.05, 3.63) is 0 Å². The van der Waals surface area contributed by atoms with Crippen molar-refractivity contribution in [3.63, 3.8) is 0 Å². The summed E-state index contributed by atoms with van der Waals surface area (Å²) in [5, 5.41) is 3.47. The van der Waals surface area contributed by atoms with Crippen LogP contribution >= 0.6 is 0 Å². The van der Waals surface area contributed by atoms with E-state index in [0.717, 1.165) is 12.1 Å². The molecule has 0 radical (unpaired) electrons. The lowest BCUT2D eigenvalue weighted by Gasteiger charge is -2.43. The van der Waals surface area contributed by atoms with Gasteiger partial charge in [0.2, 0.25) is 0 Å². The molecule has 0 aromatic heterocycles. The number of hydrogen-bond acceptors (Lipinski definition) is 3. The van der Waals surface area contributed by atoms with Gasteiger partial charge in [0.15, 0.2) is 0 Å². The molecule has 2 saturated carbocycles. The first-order chi connectivity index (χ1) is 10.4. The van der Waals surface area contributed by atoms with Gasteiger partial charge in [-0.1, -0.05) is 38.5 Å². The first-order valence-corrected chi connectivity index (χ1v) is 9.62. The standard InChI is InChI=1S/C18H35N3/c1-3-7-17(8-4-1)21(18-9-5-2-6-10-18)16-15-20-13-11-19-12-14-20/h17-19H,1-16H2. The summed E-state index contributed by atoms with van der Waals surface area (Å²) in [5.41, 5.74) is 0. The summed E-state index contributed by atoms with van der Waals surface area (Å²) >= 11 is 0. The summed E-state index contributed by atoms with van der Waals surface area (Å²) < 4.78 is 0. The fourth-order valence-electron chi connectivity index (χ4n) is 4.68. The Labute approximate surface area is 131 Å². The highest BCUT2D eigenvalue weighted by atomic mass is 15.2. The van der Waals surface area contributed by atoms with Gasteiger partial charge in [0, 0.05) is 51.4 Å². The van der Waals surface area contributed by atoms with Crippen molar-refractivity contribution in [2.45, 2.75) is 76.3 Å². The monoisotopic (exact) mass is 293 g/mol. The second-order valence-corrected chi connectivity index (χ2v) is 7.41. The van der Waals surface area contributed by atoms with Crippen LogP contribution in [0.15, 0.2) is 0 Å². The number of rotatable bonds is 5.